The minimum Gasteiger partial charge on any atom is -0.466 e. The summed E-state index contributed by atoms with van der Waals surface area (Å²) in [5.74, 6) is -0.144. The van der Waals surface area contributed by atoms with E-state index in [9.17, 15) is 4.79 Å². The van der Waals surface area contributed by atoms with Gasteiger partial charge in [-0.3, -0.25) is 4.79 Å². The van der Waals surface area contributed by atoms with Crippen molar-refractivity contribution in [3.05, 3.63) is 34.9 Å². The van der Waals surface area contributed by atoms with Crippen LogP contribution < -0.4 is 5.73 Å². The van der Waals surface area contributed by atoms with E-state index >= 15 is 0 Å². The van der Waals surface area contributed by atoms with Gasteiger partial charge in [-0.15, -0.1) is 0 Å². The van der Waals surface area contributed by atoms with Crippen molar-refractivity contribution in [1.29, 1.82) is 0 Å². The molecule has 0 fully saturated rings. The fourth-order valence-electron chi connectivity index (χ4n) is 3.41. The third-order valence-electron chi connectivity index (χ3n) is 4.53. The zero-order valence-corrected chi connectivity index (χ0v) is 13.3. The van der Waals surface area contributed by atoms with Crippen LogP contribution in [0.1, 0.15) is 49.8 Å². The molecule has 116 valence electrons. The first-order chi connectivity index (χ1) is 10.1. The summed E-state index contributed by atoms with van der Waals surface area (Å²) < 4.78 is 5.30. The van der Waals surface area contributed by atoms with Gasteiger partial charge in [-0.25, -0.2) is 0 Å². The highest BCUT2D eigenvalue weighted by Crippen LogP contribution is 2.31. The first kappa shape index (κ1) is 16.0. The summed E-state index contributed by atoms with van der Waals surface area (Å²) in [6.45, 7) is 4.69. The van der Waals surface area contributed by atoms with Gasteiger partial charge in [0, 0.05) is 6.54 Å². The van der Waals surface area contributed by atoms with Crippen LogP contribution in [0.4, 0.5) is 0 Å². The molecule has 0 aromatic heterocycles. The minimum atomic E-state index is -0.572. The summed E-state index contributed by atoms with van der Waals surface area (Å²) in [4.78, 5) is 12.4. The smallest absolute Gasteiger partial charge is 0.313 e. The average molecular weight is 289 g/mol. The van der Waals surface area contributed by atoms with Crippen LogP contribution in [0.15, 0.2) is 18.2 Å². The molecule has 0 aliphatic heterocycles. The summed E-state index contributed by atoms with van der Waals surface area (Å²) in [6, 6.07) is 6.64. The Hall–Kier alpha value is -1.35. The van der Waals surface area contributed by atoms with Crippen LogP contribution in [0.3, 0.4) is 0 Å². The van der Waals surface area contributed by atoms with Crippen LogP contribution >= 0.6 is 0 Å². The number of benzene rings is 1. The molecule has 2 rings (SSSR count). The van der Waals surface area contributed by atoms with E-state index in [2.05, 4.69) is 25.1 Å². The number of carbonyl (C=O) groups excluding carboxylic acids is 1. The molecule has 0 saturated carbocycles. The zero-order valence-electron chi connectivity index (χ0n) is 13.3. The van der Waals surface area contributed by atoms with E-state index < -0.39 is 5.41 Å². The first-order valence-corrected chi connectivity index (χ1v) is 8.13. The average Bonchev–Trinajstić information content (AvgIpc) is 2.94. The predicted octanol–water partition coefficient (Wildman–Crippen LogP) is 3.03. The van der Waals surface area contributed by atoms with E-state index in [-0.39, 0.29) is 5.97 Å². The van der Waals surface area contributed by atoms with E-state index in [1.165, 1.54) is 29.5 Å². The van der Waals surface area contributed by atoms with E-state index in [1.807, 2.05) is 6.92 Å². The largest absolute Gasteiger partial charge is 0.466 e. The molecular formula is C18H27NO2. The predicted molar refractivity (Wildman–Crippen MR) is 85.2 cm³/mol. The number of hydrogen-bond acceptors (Lipinski definition) is 3. The lowest BCUT2D eigenvalue weighted by atomic mass is 9.77. The molecule has 3 heteroatoms. The van der Waals surface area contributed by atoms with Gasteiger partial charge in [-0.2, -0.15) is 0 Å². The molecule has 1 aliphatic rings. The van der Waals surface area contributed by atoms with Crippen LogP contribution in [-0.2, 0) is 28.8 Å². The summed E-state index contributed by atoms with van der Waals surface area (Å²) in [5.41, 5.74) is 9.53. The molecule has 1 atom stereocenters. The molecule has 0 spiro atoms. The van der Waals surface area contributed by atoms with Gasteiger partial charge in [0.2, 0.25) is 0 Å². The number of esters is 1. The van der Waals surface area contributed by atoms with Crippen LogP contribution in [0.25, 0.3) is 0 Å². The Morgan fingerprint density at radius 2 is 2.05 bits per heavy atom. The number of hydrogen-bond donors (Lipinski definition) is 1. The summed E-state index contributed by atoms with van der Waals surface area (Å²) in [5, 5.41) is 0. The van der Waals surface area contributed by atoms with Gasteiger partial charge >= 0.3 is 5.97 Å². The Kier molecular flexibility index (Phi) is 5.40. The van der Waals surface area contributed by atoms with Gasteiger partial charge < -0.3 is 10.5 Å². The van der Waals surface area contributed by atoms with E-state index in [4.69, 9.17) is 10.5 Å². The molecular weight excluding hydrogens is 262 g/mol. The molecule has 1 aromatic carbocycles. The second-order valence-corrected chi connectivity index (χ2v) is 6.09. The monoisotopic (exact) mass is 289 g/mol. The summed E-state index contributed by atoms with van der Waals surface area (Å²) in [7, 11) is 0. The number of fused-ring (bicyclic) bond motifs is 1. The maximum absolute atomic E-state index is 12.4. The van der Waals surface area contributed by atoms with Gasteiger partial charge in [0.1, 0.15) is 0 Å². The fraction of sp³-hybridized carbons (Fsp3) is 0.611. The van der Waals surface area contributed by atoms with E-state index in [0.717, 1.165) is 19.3 Å². The van der Waals surface area contributed by atoms with Gasteiger partial charge in [-0.1, -0.05) is 31.5 Å². The van der Waals surface area contributed by atoms with Gasteiger partial charge in [0.25, 0.3) is 0 Å². The Balaban J connectivity index is 2.23. The highest BCUT2D eigenvalue weighted by Gasteiger charge is 2.38. The number of nitrogens with two attached hydrogens (primary N) is 1. The van der Waals surface area contributed by atoms with Gasteiger partial charge in [0.15, 0.2) is 0 Å². The Morgan fingerprint density at radius 3 is 2.71 bits per heavy atom. The van der Waals surface area contributed by atoms with Gasteiger partial charge in [0.05, 0.1) is 12.0 Å². The van der Waals surface area contributed by atoms with Crippen molar-refractivity contribution in [1.82, 2.24) is 0 Å². The fourth-order valence-corrected chi connectivity index (χ4v) is 3.41. The van der Waals surface area contributed by atoms with E-state index in [1.54, 1.807) is 0 Å². The second kappa shape index (κ2) is 7.08. The third-order valence-corrected chi connectivity index (χ3v) is 4.53. The highest BCUT2D eigenvalue weighted by atomic mass is 16.5. The molecule has 1 aliphatic carbocycles. The molecule has 1 unspecified atom stereocenters. The topological polar surface area (TPSA) is 52.3 Å². The van der Waals surface area contributed by atoms with Crippen LogP contribution in [0, 0.1) is 5.41 Å². The Morgan fingerprint density at radius 1 is 1.29 bits per heavy atom. The SMILES string of the molecule is CCCC(CN)(Cc1ccc2c(c1)CCC2)C(=O)OCC. The second-order valence-electron chi connectivity index (χ2n) is 6.09. The quantitative estimate of drug-likeness (QED) is 0.785. The number of rotatable bonds is 7. The van der Waals surface area contributed by atoms with Crippen molar-refractivity contribution < 1.29 is 9.53 Å². The van der Waals surface area contributed by atoms with Crippen molar-refractivity contribution in [3.8, 4) is 0 Å². The van der Waals surface area contributed by atoms with Crippen LogP contribution in [0.2, 0.25) is 0 Å². The molecule has 21 heavy (non-hydrogen) atoms. The molecule has 0 radical (unpaired) electrons. The van der Waals surface area contributed by atoms with Crippen molar-refractivity contribution in [2.45, 2.75) is 52.4 Å². The minimum absolute atomic E-state index is 0.144. The first-order valence-electron chi connectivity index (χ1n) is 8.13. The summed E-state index contributed by atoms with van der Waals surface area (Å²) in [6.07, 6.45) is 5.98. The molecule has 2 N–H and O–H groups in total. The van der Waals surface area contributed by atoms with Crippen molar-refractivity contribution in [2.24, 2.45) is 11.1 Å². The summed E-state index contributed by atoms with van der Waals surface area (Å²) >= 11 is 0. The van der Waals surface area contributed by atoms with Gasteiger partial charge in [-0.05, 0) is 55.7 Å². The highest BCUT2D eigenvalue weighted by molar-refractivity contribution is 5.77. The third kappa shape index (κ3) is 3.46. The molecule has 1 aromatic rings. The number of aryl methyl sites for hydroxylation is 2. The molecule has 0 bridgehead atoms. The lowest BCUT2D eigenvalue weighted by Crippen LogP contribution is -2.42. The molecule has 3 nitrogen and oxygen atoms in total. The number of ether oxygens (including phenoxy) is 1. The van der Waals surface area contributed by atoms with Crippen molar-refractivity contribution >= 4 is 5.97 Å². The normalized spacial score (nSPS) is 16.3. The van der Waals surface area contributed by atoms with Crippen molar-refractivity contribution in [3.63, 3.8) is 0 Å². The lowest BCUT2D eigenvalue weighted by Gasteiger charge is -2.30. The van der Waals surface area contributed by atoms with Crippen LogP contribution in [0.5, 0.6) is 0 Å². The Labute approximate surface area is 127 Å². The molecule has 0 amide bonds. The number of carbonyl (C=O) groups is 1. The standard InChI is InChI=1S/C18H27NO2/c1-3-10-18(13-19,17(20)21-4-2)12-14-8-9-15-6-5-7-16(15)11-14/h8-9,11H,3-7,10,12-13,19H2,1-2H3. The van der Waals surface area contributed by atoms with Crippen molar-refractivity contribution in [2.75, 3.05) is 13.2 Å². The zero-order chi connectivity index (χ0) is 15.3. The van der Waals surface area contributed by atoms with E-state index in [0.29, 0.717) is 19.6 Å². The maximum atomic E-state index is 12.4. The molecule has 0 heterocycles. The van der Waals surface area contributed by atoms with Crippen LogP contribution in [-0.4, -0.2) is 19.1 Å². The Bertz CT molecular complexity index is 498. The maximum Gasteiger partial charge on any atom is 0.313 e. The molecule has 0 saturated heterocycles. The lowest BCUT2D eigenvalue weighted by molar-refractivity contribution is -0.155.